The normalized spacial score (nSPS) is 21.4. The van der Waals surface area contributed by atoms with Crippen molar-refractivity contribution in [1.29, 1.82) is 0 Å². The van der Waals surface area contributed by atoms with Crippen molar-refractivity contribution >= 4 is 18.0 Å². The molecule has 4 heteroatoms. The highest BCUT2D eigenvalue weighted by atomic mass is 32.2. The van der Waals surface area contributed by atoms with Gasteiger partial charge in [0.25, 0.3) is 0 Å². The van der Waals surface area contributed by atoms with E-state index in [1.807, 2.05) is 24.9 Å². The second-order valence-corrected chi connectivity index (χ2v) is 4.89. The number of hydrogen-bond acceptors (Lipinski definition) is 3. The van der Waals surface area contributed by atoms with Crippen molar-refractivity contribution in [2.75, 3.05) is 11.5 Å². The van der Waals surface area contributed by atoms with Crippen LogP contribution in [0, 0.1) is 5.92 Å². The Morgan fingerprint density at radius 1 is 1.79 bits per heavy atom. The minimum atomic E-state index is 0.672. The molecule has 2 rings (SSSR count). The quantitative estimate of drug-likeness (QED) is 0.710. The molecule has 1 aliphatic rings. The van der Waals surface area contributed by atoms with Crippen LogP contribution in [0.5, 0.6) is 0 Å². The summed E-state index contributed by atoms with van der Waals surface area (Å²) in [6.45, 7) is 0. The molecule has 0 amide bonds. The number of aromatic nitrogens is 2. The third-order valence-electron chi connectivity index (χ3n) is 2.61. The highest BCUT2D eigenvalue weighted by Crippen LogP contribution is 2.26. The Labute approximate surface area is 87.9 Å². The molecule has 1 unspecified atom stereocenters. The largest absolute Gasteiger partial charge is 0.296 e. The molecule has 1 aromatic rings. The second kappa shape index (κ2) is 4.17. The number of thioether (sulfide) groups is 1. The lowest BCUT2D eigenvalue weighted by atomic mass is 10.0. The standard InChI is InChI=1S/C10H14N2OS/c1-12-10(6-13)5-9(11-12)4-8-2-3-14-7-8/h5-6,8H,2-4,7H2,1H3. The number of aldehydes is 1. The molecule has 0 bridgehead atoms. The number of hydrogen-bond donors (Lipinski definition) is 0. The fraction of sp³-hybridized carbons (Fsp3) is 0.600. The van der Waals surface area contributed by atoms with E-state index in [-0.39, 0.29) is 0 Å². The lowest BCUT2D eigenvalue weighted by Crippen LogP contribution is -2.03. The number of carbonyl (C=O) groups is 1. The zero-order valence-corrected chi connectivity index (χ0v) is 9.09. The Bertz CT molecular complexity index is 329. The molecule has 1 fully saturated rings. The van der Waals surface area contributed by atoms with Crippen LogP contribution in [0.3, 0.4) is 0 Å². The molecule has 1 aromatic heterocycles. The van der Waals surface area contributed by atoms with E-state index in [1.54, 1.807) is 4.68 Å². The van der Waals surface area contributed by atoms with Crippen molar-refractivity contribution < 1.29 is 4.79 Å². The Morgan fingerprint density at radius 2 is 2.64 bits per heavy atom. The summed E-state index contributed by atoms with van der Waals surface area (Å²) in [6, 6.07) is 1.90. The first-order valence-electron chi connectivity index (χ1n) is 4.85. The van der Waals surface area contributed by atoms with E-state index >= 15 is 0 Å². The van der Waals surface area contributed by atoms with E-state index < -0.39 is 0 Å². The Morgan fingerprint density at radius 3 is 3.21 bits per heavy atom. The van der Waals surface area contributed by atoms with Crippen molar-refractivity contribution in [3.8, 4) is 0 Å². The molecule has 14 heavy (non-hydrogen) atoms. The first-order valence-corrected chi connectivity index (χ1v) is 6.01. The minimum Gasteiger partial charge on any atom is -0.296 e. The van der Waals surface area contributed by atoms with Crippen molar-refractivity contribution in [2.24, 2.45) is 13.0 Å². The van der Waals surface area contributed by atoms with Gasteiger partial charge in [-0.15, -0.1) is 0 Å². The number of rotatable bonds is 3. The van der Waals surface area contributed by atoms with E-state index in [1.165, 1.54) is 17.9 Å². The van der Waals surface area contributed by atoms with Gasteiger partial charge in [0, 0.05) is 7.05 Å². The number of nitrogens with zero attached hydrogens (tertiary/aromatic N) is 2. The van der Waals surface area contributed by atoms with Gasteiger partial charge < -0.3 is 0 Å². The summed E-state index contributed by atoms with van der Waals surface area (Å²) in [6.07, 6.45) is 3.17. The zero-order chi connectivity index (χ0) is 9.97. The van der Waals surface area contributed by atoms with Gasteiger partial charge in [-0.1, -0.05) is 0 Å². The molecular formula is C10H14N2OS. The van der Waals surface area contributed by atoms with Gasteiger partial charge in [0.15, 0.2) is 6.29 Å². The topological polar surface area (TPSA) is 34.9 Å². The molecule has 0 saturated carbocycles. The Kier molecular flexibility index (Phi) is 2.91. The lowest BCUT2D eigenvalue weighted by molar-refractivity contribution is 0.111. The van der Waals surface area contributed by atoms with Crippen LogP contribution >= 0.6 is 11.8 Å². The second-order valence-electron chi connectivity index (χ2n) is 3.74. The maximum Gasteiger partial charge on any atom is 0.168 e. The molecule has 0 spiro atoms. The maximum absolute atomic E-state index is 10.6. The molecule has 0 aliphatic carbocycles. The van der Waals surface area contributed by atoms with Crippen LogP contribution in [-0.4, -0.2) is 27.6 Å². The van der Waals surface area contributed by atoms with Gasteiger partial charge in [-0.05, 0) is 36.3 Å². The minimum absolute atomic E-state index is 0.672. The SMILES string of the molecule is Cn1nc(CC2CCSC2)cc1C=O. The van der Waals surface area contributed by atoms with E-state index in [0.717, 1.165) is 24.3 Å². The number of carbonyl (C=O) groups excluding carboxylic acids is 1. The van der Waals surface area contributed by atoms with Crippen LogP contribution in [0.25, 0.3) is 0 Å². The highest BCUT2D eigenvalue weighted by molar-refractivity contribution is 7.99. The fourth-order valence-corrected chi connectivity index (χ4v) is 3.08. The van der Waals surface area contributed by atoms with Crippen LogP contribution in [0.1, 0.15) is 22.6 Å². The van der Waals surface area contributed by atoms with Crippen LogP contribution in [-0.2, 0) is 13.5 Å². The molecule has 3 nitrogen and oxygen atoms in total. The molecule has 0 aromatic carbocycles. The van der Waals surface area contributed by atoms with Gasteiger partial charge in [0.2, 0.25) is 0 Å². The van der Waals surface area contributed by atoms with Gasteiger partial charge in [-0.2, -0.15) is 16.9 Å². The summed E-state index contributed by atoms with van der Waals surface area (Å²) >= 11 is 2.01. The summed E-state index contributed by atoms with van der Waals surface area (Å²) in [4.78, 5) is 10.6. The van der Waals surface area contributed by atoms with Crippen molar-refractivity contribution in [3.63, 3.8) is 0 Å². The van der Waals surface area contributed by atoms with Crippen LogP contribution in [0.4, 0.5) is 0 Å². The van der Waals surface area contributed by atoms with Gasteiger partial charge in [0.1, 0.15) is 5.69 Å². The smallest absolute Gasteiger partial charge is 0.168 e. The van der Waals surface area contributed by atoms with Crippen molar-refractivity contribution in [3.05, 3.63) is 17.5 Å². The molecule has 0 radical (unpaired) electrons. The van der Waals surface area contributed by atoms with E-state index in [4.69, 9.17) is 0 Å². The molecule has 1 atom stereocenters. The first kappa shape index (κ1) is 9.77. The summed E-state index contributed by atoms with van der Waals surface area (Å²) in [5.41, 5.74) is 1.73. The molecule has 0 N–H and O–H groups in total. The molecule has 76 valence electrons. The summed E-state index contributed by atoms with van der Waals surface area (Å²) < 4.78 is 1.66. The zero-order valence-electron chi connectivity index (χ0n) is 8.27. The van der Waals surface area contributed by atoms with Gasteiger partial charge in [-0.25, -0.2) is 0 Å². The molecule has 2 heterocycles. The van der Waals surface area contributed by atoms with Crippen LogP contribution in [0.15, 0.2) is 6.07 Å². The maximum atomic E-state index is 10.6. The van der Waals surface area contributed by atoms with Gasteiger partial charge in [0.05, 0.1) is 5.69 Å². The lowest BCUT2D eigenvalue weighted by Gasteiger charge is -2.03. The Balaban J connectivity index is 2.04. The average Bonchev–Trinajstić information content (AvgIpc) is 2.76. The monoisotopic (exact) mass is 210 g/mol. The summed E-state index contributed by atoms with van der Waals surface area (Å²) in [5.74, 6) is 3.28. The molecular weight excluding hydrogens is 196 g/mol. The highest BCUT2D eigenvalue weighted by Gasteiger charge is 2.17. The van der Waals surface area contributed by atoms with Crippen molar-refractivity contribution in [2.45, 2.75) is 12.8 Å². The molecule has 1 saturated heterocycles. The summed E-state index contributed by atoms with van der Waals surface area (Å²) in [5, 5.41) is 4.32. The van der Waals surface area contributed by atoms with Gasteiger partial charge in [-0.3, -0.25) is 9.48 Å². The third-order valence-corrected chi connectivity index (χ3v) is 3.84. The van der Waals surface area contributed by atoms with E-state index in [0.29, 0.717) is 5.69 Å². The first-order chi connectivity index (χ1) is 6.79. The number of aryl methyl sites for hydroxylation is 1. The molecule has 1 aliphatic heterocycles. The predicted molar refractivity (Wildman–Crippen MR) is 57.7 cm³/mol. The fourth-order valence-electron chi connectivity index (χ4n) is 1.79. The van der Waals surface area contributed by atoms with E-state index in [2.05, 4.69) is 5.10 Å². The summed E-state index contributed by atoms with van der Waals surface area (Å²) in [7, 11) is 1.82. The van der Waals surface area contributed by atoms with Crippen molar-refractivity contribution in [1.82, 2.24) is 9.78 Å². The average molecular weight is 210 g/mol. The van der Waals surface area contributed by atoms with Crippen LogP contribution < -0.4 is 0 Å². The van der Waals surface area contributed by atoms with Gasteiger partial charge >= 0.3 is 0 Å². The Hall–Kier alpha value is -0.770. The van der Waals surface area contributed by atoms with Crippen LogP contribution in [0.2, 0.25) is 0 Å². The van der Waals surface area contributed by atoms with E-state index in [9.17, 15) is 4.79 Å². The third kappa shape index (κ3) is 2.00. The predicted octanol–water partition coefficient (Wildman–Crippen LogP) is 1.53.